The number of rotatable bonds is 1. The lowest BCUT2D eigenvalue weighted by atomic mass is 9.86. The van der Waals surface area contributed by atoms with Gasteiger partial charge in [-0.05, 0) is 30.7 Å². The molecule has 1 spiro atoms. The van der Waals surface area contributed by atoms with Gasteiger partial charge in [0.05, 0.1) is 24.0 Å². The van der Waals surface area contributed by atoms with Gasteiger partial charge in [0.2, 0.25) is 5.72 Å². The lowest BCUT2D eigenvalue weighted by Gasteiger charge is -2.52. The Balaban J connectivity index is 1.50. The molecule has 30 heavy (non-hydrogen) atoms. The van der Waals surface area contributed by atoms with Gasteiger partial charge in [0.15, 0.2) is 0 Å². The molecule has 0 radical (unpaired) electrons. The summed E-state index contributed by atoms with van der Waals surface area (Å²) < 4.78 is 12.8. The lowest BCUT2D eigenvalue weighted by Crippen LogP contribution is -2.60. The van der Waals surface area contributed by atoms with Crippen LogP contribution in [0.2, 0.25) is 0 Å². The van der Waals surface area contributed by atoms with Crippen molar-refractivity contribution in [2.75, 3.05) is 6.61 Å². The van der Waals surface area contributed by atoms with Gasteiger partial charge in [-0.2, -0.15) is 5.10 Å². The summed E-state index contributed by atoms with van der Waals surface area (Å²) in [5, 5.41) is 10.0. The van der Waals surface area contributed by atoms with Crippen LogP contribution < -0.4 is 4.74 Å². The van der Waals surface area contributed by atoms with E-state index in [0.717, 1.165) is 30.7 Å². The first-order valence-corrected chi connectivity index (χ1v) is 10.8. The van der Waals surface area contributed by atoms with E-state index >= 15 is 0 Å². The second-order valence-corrected chi connectivity index (χ2v) is 9.26. The van der Waals surface area contributed by atoms with Crippen molar-refractivity contribution in [3.8, 4) is 5.75 Å². The first kappa shape index (κ1) is 18.0. The summed E-state index contributed by atoms with van der Waals surface area (Å²) in [5.74, 6) is 0.991. The summed E-state index contributed by atoms with van der Waals surface area (Å²) in [4.78, 5) is 0. The molecule has 1 fully saturated rings. The molecule has 0 saturated carbocycles. The van der Waals surface area contributed by atoms with Crippen LogP contribution in [-0.4, -0.2) is 28.7 Å². The van der Waals surface area contributed by atoms with Crippen molar-refractivity contribution in [1.29, 1.82) is 0 Å². The largest absolute Gasteiger partial charge is 0.466 e. The molecule has 0 amide bonds. The molecule has 4 nitrogen and oxygen atoms in total. The zero-order chi connectivity index (χ0) is 20.3. The summed E-state index contributed by atoms with van der Waals surface area (Å²) in [7, 11) is 0. The number of hydrogen-bond acceptors (Lipinski definition) is 4. The van der Waals surface area contributed by atoms with Crippen molar-refractivity contribution in [2.45, 2.75) is 50.5 Å². The number of hydrazone groups is 1. The number of fused-ring (bicyclic) bond motifs is 5. The Kier molecular flexibility index (Phi) is 3.79. The number of ether oxygens (including phenoxy) is 2. The minimum Gasteiger partial charge on any atom is -0.466 e. The van der Waals surface area contributed by atoms with Crippen LogP contribution in [0.25, 0.3) is 10.8 Å². The molecule has 0 aromatic heterocycles. The zero-order valence-corrected chi connectivity index (χ0v) is 17.5. The van der Waals surface area contributed by atoms with E-state index in [1.165, 1.54) is 21.9 Å². The van der Waals surface area contributed by atoms with Crippen LogP contribution in [0.4, 0.5) is 0 Å². The topological polar surface area (TPSA) is 34.1 Å². The van der Waals surface area contributed by atoms with Gasteiger partial charge in [-0.15, -0.1) is 0 Å². The maximum atomic E-state index is 6.72. The van der Waals surface area contributed by atoms with Crippen LogP contribution in [0, 0.1) is 0 Å². The fourth-order valence-corrected chi connectivity index (χ4v) is 5.44. The number of benzene rings is 3. The van der Waals surface area contributed by atoms with Crippen molar-refractivity contribution >= 4 is 16.5 Å². The van der Waals surface area contributed by atoms with E-state index < -0.39 is 5.72 Å². The second-order valence-electron chi connectivity index (χ2n) is 9.26. The molecule has 6 rings (SSSR count). The molecule has 0 bridgehead atoms. The Bertz CT molecular complexity index is 1160. The molecule has 2 atom stereocenters. The molecular formula is C26H26N2O2. The lowest BCUT2D eigenvalue weighted by molar-refractivity contribution is -0.212. The van der Waals surface area contributed by atoms with E-state index in [9.17, 15) is 0 Å². The van der Waals surface area contributed by atoms with Crippen LogP contribution in [0.5, 0.6) is 5.75 Å². The Morgan fingerprint density at radius 2 is 1.77 bits per heavy atom. The van der Waals surface area contributed by atoms with Gasteiger partial charge in [-0.1, -0.05) is 60.7 Å². The number of hydrogen-bond donors (Lipinski definition) is 0. The van der Waals surface area contributed by atoms with Crippen molar-refractivity contribution in [3.63, 3.8) is 0 Å². The van der Waals surface area contributed by atoms with E-state index in [2.05, 4.69) is 85.6 Å². The van der Waals surface area contributed by atoms with Crippen molar-refractivity contribution in [3.05, 3.63) is 77.9 Å². The molecule has 3 aliphatic heterocycles. The molecule has 1 saturated heterocycles. The third-order valence-electron chi connectivity index (χ3n) is 6.69. The average Bonchev–Trinajstić information content (AvgIpc) is 3.19. The minimum atomic E-state index is -0.465. The van der Waals surface area contributed by atoms with Gasteiger partial charge < -0.3 is 9.47 Å². The van der Waals surface area contributed by atoms with E-state index in [1.54, 1.807) is 0 Å². The molecular weight excluding hydrogens is 372 g/mol. The Morgan fingerprint density at radius 3 is 2.67 bits per heavy atom. The molecule has 152 valence electrons. The normalized spacial score (nSPS) is 26.8. The van der Waals surface area contributed by atoms with Crippen LogP contribution in [-0.2, 0) is 4.74 Å². The van der Waals surface area contributed by atoms with E-state index in [1.807, 2.05) is 0 Å². The maximum Gasteiger partial charge on any atom is 0.203 e. The van der Waals surface area contributed by atoms with Gasteiger partial charge in [0.1, 0.15) is 5.75 Å². The quantitative estimate of drug-likeness (QED) is 0.530. The highest BCUT2D eigenvalue weighted by Gasteiger charge is 2.54. The van der Waals surface area contributed by atoms with E-state index in [4.69, 9.17) is 14.6 Å². The predicted molar refractivity (Wildman–Crippen MR) is 119 cm³/mol. The highest BCUT2D eigenvalue weighted by Crippen LogP contribution is 2.51. The summed E-state index contributed by atoms with van der Waals surface area (Å²) in [5.41, 5.74) is 2.88. The molecule has 0 aliphatic carbocycles. The number of nitrogens with zero attached hydrogens (tertiary/aromatic N) is 2. The van der Waals surface area contributed by atoms with Crippen LogP contribution in [0.1, 0.15) is 50.3 Å². The first-order valence-electron chi connectivity index (χ1n) is 10.8. The smallest absolute Gasteiger partial charge is 0.203 e. The van der Waals surface area contributed by atoms with E-state index in [0.29, 0.717) is 6.61 Å². The van der Waals surface area contributed by atoms with Crippen molar-refractivity contribution in [2.24, 2.45) is 5.10 Å². The van der Waals surface area contributed by atoms with Crippen molar-refractivity contribution in [1.82, 2.24) is 5.01 Å². The maximum absolute atomic E-state index is 6.72. The molecule has 0 N–H and O–H groups in total. The number of para-hydroxylation sites is 1. The van der Waals surface area contributed by atoms with Crippen molar-refractivity contribution < 1.29 is 9.47 Å². The summed E-state index contributed by atoms with van der Waals surface area (Å²) in [6, 6.07) is 23.7. The fraction of sp³-hybridized carbons (Fsp3) is 0.346. The molecule has 4 heteroatoms. The van der Waals surface area contributed by atoms with Crippen LogP contribution in [0.15, 0.2) is 71.8 Å². The molecule has 3 aliphatic rings. The predicted octanol–water partition coefficient (Wildman–Crippen LogP) is 5.67. The molecule has 3 heterocycles. The molecule has 0 unspecified atom stereocenters. The Labute approximate surface area is 177 Å². The van der Waals surface area contributed by atoms with Crippen LogP contribution in [0.3, 0.4) is 0 Å². The highest BCUT2D eigenvalue weighted by molar-refractivity contribution is 6.11. The van der Waals surface area contributed by atoms with Gasteiger partial charge in [-0.3, -0.25) is 0 Å². The van der Waals surface area contributed by atoms with Crippen LogP contribution >= 0.6 is 0 Å². The summed E-state index contributed by atoms with van der Waals surface area (Å²) in [6.07, 6.45) is 2.49. The Morgan fingerprint density at radius 1 is 0.967 bits per heavy atom. The van der Waals surface area contributed by atoms with Gasteiger partial charge in [0.25, 0.3) is 0 Å². The SMILES string of the molecule is CC1(C)C[C@@]2(CCO1)Oc1ccccc1[C@H]1CC(c3cccc4ccccc34)=NN12. The third kappa shape index (κ3) is 2.67. The average molecular weight is 399 g/mol. The standard InChI is InChI=1S/C26H26N2O2/c1-25(2)17-26(14-15-29-25)28-23(21-11-5-6-13-24(21)30-26)16-22(27-28)20-12-7-9-18-8-3-4-10-19(18)20/h3-13,23H,14-17H2,1-2H3/t23-,26-/m1/s1. The zero-order valence-electron chi connectivity index (χ0n) is 17.5. The fourth-order valence-electron chi connectivity index (χ4n) is 5.44. The molecule has 3 aromatic carbocycles. The van der Waals surface area contributed by atoms with Gasteiger partial charge in [0, 0.05) is 30.4 Å². The highest BCUT2D eigenvalue weighted by atomic mass is 16.5. The summed E-state index contributed by atoms with van der Waals surface area (Å²) in [6.45, 7) is 4.98. The Hall–Kier alpha value is -2.85. The van der Waals surface area contributed by atoms with E-state index in [-0.39, 0.29) is 11.6 Å². The monoisotopic (exact) mass is 398 g/mol. The second kappa shape index (κ2) is 6.32. The first-order chi connectivity index (χ1) is 14.5. The van der Waals surface area contributed by atoms with Gasteiger partial charge >= 0.3 is 0 Å². The third-order valence-corrected chi connectivity index (χ3v) is 6.69. The summed E-state index contributed by atoms with van der Waals surface area (Å²) >= 11 is 0. The minimum absolute atomic E-state index is 0.192. The molecule has 3 aromatic rings. The van der Waals surface area contributed by atoms with Gasteiger partial charge in [-0.25, -0.2) is 5.01 Å².